The number of phenols is 2. The van der Waals surface area contributed by atoms with Gasteiger partial charge in [-0.25, -0.2) is 9.69 Å². The molecule has 2 amide bonds. The Labute approximate surface area is 244 Å². The molecule has 4 unspecified atom stereocenters. The van der Waals surface area contributed by atoms with Crippen LogP contribution in [0.5, 0.6) is 17.2 Å². The summed E-state index contributed by atoms with van der Waals surface area (Å²) >= 11 is 0. The second-order valence-corrected chi connectivity index (χ2v) is 11.5. The molecule has 0 aromatic heterocycles. The smallest absolute Gasteiger partial charge is 0.339 e. The van der Waals surface area contributed by atoms with Crippen LogP contribution in [-0.4, -0.2) is 44.7 Å². The minimum atomic E-state index is -1.35. The maximum absolute atomic E-state index is 14.0. The van der Waals surface area contributed by atoms with Crippen LogP contribution in [0.4, 0.5) is 5.69 Å². The van der Waals surface area contributed by atoms with Crippen molar-refractivity contribution in [2.45, 2.75) is 26.2 Å². The fourth-order valence-corrected chi connectivity index (χ4v) is 7.29. The van der Waals surface area contributed by atoms with E-state index >= 15 is 0 Å². The number of rotatable bonds is 3. The highest BCUT2D eigenvalue weighted by Gasteiger charge is 2.57. The Morgan fingerprint density at radius 3 is 2.53 bits per heavy atom. The number of hydrogen-bond acceptors (Lipinski definition) is 8. The van der Waals surface area contributed by atoms with Gasteiger partial charge in [0.15, 0.2) is 11.6 Å². The van der Waals surface area contributed by atoms with Crippen LogP contribution in [0.25, 0.3) is 0 Å². The number of aromatic hydroxyl groups is 2. The third-order valence-corrected chi connectivity index (χ3v) is 9.18. The molecule has 0 saturated carbocycles. The van der Waals surface area contributed by atoms with Crippen LogP contribution < -0.4 is 9.64 Å². The second kappa shape index (κ2) is 9.38. The Kier molecular flexibility index (Phi) is 5.81. The zero-order valence-electron chi connectivity index (χ0n) is 22.9. The van der Waals surface area contributed by atoms with Crippen molar-refractivity contribution in [1.29, 1.82) is 0 Å². The van der Waals surface area contributed by atoms with Gasteiger partial charge in [-0.2, -0.15) is 0 Å². The van der Waals surface area contributed by atoms with E-state index in [1.165, 1.54) is 18.2 Å². The molecule has 2 heterocycles. The van der Waals surface area contributed by atoms with E-state index in [4.69, 9.17) is 4.74 Å². The van der Waals surface area contributed by atoms with Gasteiger partial charge in [0.25, 0.3) is 0 Å². The van der Waals surface area contributed by atoms with Crippen molar-refractivity contribution in [2.75, 3.05) is 4.90 Å². The molecule has 2 aliphatic heterocycles. The van der Waals surface area contributed by atoms with Gasteiger partial charge in [-0.3, -0.25) is 19.2 Å². The van der Waals surface area contributed by atoms with Crippen molar-refractivity contribution >= 4 is 35.0 Å². The normalized spacial score (nSPS) is 26.1. The third-order valence-electron chi connectivity index (χ3n) is 9.18. The molecule has 216 valence electrons. The van der Waals surface area contributed by atoms with Crippen molar-refractivity contribution in [3.63, 3.8) is 0 Å². The lowest BCUT2D eigenvalue weighted by Crippen LogP contribution is -2.41. The fourth-order valence-electron chi connectivity index (χ4n) is 7.29. The maximum Gasteiger partial charge on any atom is 0.339 e. The summed E-state index contributed by atoms with van der Waals surface area (Å²) in [5.41, 5.74) is 2.83. The highest BCUT2D eigenvalue weighted by Crippen LogP contribution is 2.55. The predicted octanol–water partition coefficient (Wildman–Crippen LogP) is 3.78. The van der Waals surface area contributed by atoms with Crippen LogP contribution in [0.15, 0.2) is 82.7 Å². The number of imide groups is 1. The number of amides is 2. The van der Waals surface area contributed by atoms with Gasteiger partial charge in [0.05, 0.1) is 23.8 Å². The molecule has 7 rings (SSSR count). The molecule has 0 spiro atoms. The lowest BCUT2D eigenvalue weighted by Gasteiger charge is -2.43. The largest absolute Gasteiger partial charge is 0.508 e. The quantitative estimate of drug-likeness (QED) is 0.279. The number of ether oxygens (including phenoxy) is 1. The summed E-state index contributed by atoms with van der Waals surface area (Å²) in [6.07, 6.45) is 5.45. The standard InChI is InChI=1S/C33H25NO9/c1-14-8-25(37)29-23(30(14)38)12-22-19(27(29)16-9-15-10-18(35)3-7-26(15)43-13-16)5-6-21-28(22)32(40)34(31(21)39)17-2-4-20(33(41)42)24(36)11-17/h2-5,7-8,10-11,13,21-22,27-28,35-36H,6,9,12H2,1H3,(H,41,42). The maximum atomic E-state index is 14.0. The van der Waals surface area contributed by atoms with Gasteiger partial charge in [-0.05, 0) is 67.7 Å². The number of allylic oxidation sites excluding steroid dienone is 7. The van der Waals surface area contributed by atoms with E-state index in [9.17, 15) is 39.3 Å². The van der Waals surface area contributed by atoms with Gasteiger partial charge in [-0.15, -0.1) is 0 Å². The summed E-state index contributed by atoms with van der Waals surface area (Å²) in [5.74, 6) is -5.65. The van der Waals surface area contributed by atoms with Gasteiger partial charge in [0.1, 0.15) is 22.8 Å². The molecule has 0 radical (unpaired) electrons. The molecule has 3 aliphatic carbocycles. The monoisotopic (exact) mass is 579 g/mol. The molecule has 10 nitrogen and oxygen atoms in total. The predicted molar refractivity (Wildman–Crippen MR) is 150 cm³/mol. The van der Waals surface area contributed by atoms with E-state index in [-0.39, 0.29) is 41.4 Å². The number of carboxylic acids is 1. The minimum absolute atomic E-state index is 0.0585. The molecule has 0 bridgehead atoms. The van der Waals surface area contributed by atoms with E-state index in [1.54, 1.807) is 25.3 Å². The molecule has 2 aromatic rings. The van der Waals surface area contributed by atoms with Crippen LogP contribution in [0.1, 0.15) is 35.7 Å². The molecule has 3 N–H and O–H groups in total. The molecule has 1 saturated heterocycles. The highest BCUT2D eigenvalue weighted by molar-refractivity contribution is 6.25. The highest BCUT2D eigenvalue weighted by atomic mass is 16.5. The van der Waals surface area contributed by atoms with Crippen molar-refractivity contribution < 1.29 is 44.0 Å². The first kappa shape index (κ1) is 26.6. The number of benzene rings is 2. The number of hydrogen-bond donors (Lipinski definition) is 3. The Balaban J connectivity index is 1.31. The second-order valence-electron chi connectivity index (χ2n) is 11.5. The summed E-state index contributed by atoms with van der Waals surface area (Å²) in [7, 11) is 0. The molecule has 2 aromatic carbocycles. The number of ketones is 2. The number of aromatic carboxylic acids is 1. The van der Waals surface area contributed by atoms with E-state index in [2.05, 4.69) is 0 Å². The minimum Gasteiger partial charge on any atom is -0.508 e. The lowest BCUT2D eigenvalue weighted by molar-refractivity contribution is -0.123. The molecule has 4 atom stereocenters. The van der Waals surface area contributed by atoms with Crippen LogP contribution >= 0.6 is 0 Å². The van der Waals surface area contributed by atoms with Crippen LogP contribution in [0.3, 0.4) is 0 Å². The molecule has 1 fully saturated rings. The summed E-state index contributed by atoms with van der Waals surface area (Å²) in [5, 5.41) is 29.6. The van der Waals surface area contributed by atoms with Crippen LogP contribution in [-0.2, 0) is 25.6 Å². The van der Waals surface area contributed by atoms with Crippen LogP contribution in [0, 0.1) is 23.7 Å². The zero-order chi connectivity index (χ0) is 30.3. The molecule has 5 aliphatic rings. The molecule has 43 heavy (non-hydrogen) atoms. The van der Waals surface area contributed by atoms with E-state index in [1.807, 2.05) is 6.08 Å². The number of anilines is 1. The summed E-state index contributed by atoms with van der Waals surface area (Å²) in [6.45, 7) is 1.58. The first-order valence-electron chi connectivity index (χ1n) is 13.9. The SMILES string of the molecule is CC1=CC(=O)C2=C(CC3C(=CCC4C(=O)N(c5ccc(C(=O)O)c(O)c5)C(=O)C43)C2C2=COc3ccc(O)cc3C2)C1=O. The van der Waals surface area contributed by atoms with E-state index in [0.29, 0.717) is 40.0 Å². The van der Waals surface area contributed by atoms with E-state index < -0.39 is 47.2 Å². The van der Waals surface area contributed by atoms with E-state index in [0.717, 1.165) is 22.6 Å². The number of phenolic OH excluding ortho intramolecular Hbond substituents is 1. The van der Waals surface area contributed by atoms with Gasteiger partial charge in [0.2, 0.25) is 11.8 Å². The summed E-state index contributed by atoms with van der Waals surface area (Å²) in [4.78, 5) is 67.0. The number of carboxylic acid groups (broad SMARTS) is 1. The lowest BCUT2D eigenvalue weighted by atomic mass is 9.58. The van der Waals surface area contributed by atoms with Crippen molar-refractivity contribution in [2.24, 2.45) is 23.7 Å². The Bertz CT molecular complexity index is 1840. The molecule has 10 heteroatoms. The zero-order valence-corrected chi connectivity index (χ0v) is 22.9. The number of carbonyl (C=O) groups excluding carboxylic acids is 4. The Morgan fingerprint density at radius 2 is 1.79 bits per heavy atom. The van der Waals surface area contributed by atoms with Crippen molar-refractivity contribution in [3.05, 3.63) is 93.8 Å². The number of carbonyl (C=O) groups is 5. The first-order valence-corrected chi connectivity index (χ1v) is 13.9. The average molecular weight is 580 g/mol. The van der Waals surface area contributed by atoms with Gasteiger partial charge in [0, 0.05) is 40.7 Å². The third kappa shape index (κ3) is 3.89. The van der Waals surface area contributed by atoms with Gasteiger partial charge in [-0.1, -0.05) is 11.6 Å². The van der Waals surface area contributed by atoms with Gasteiger partial charge < -0.3 is 20.1 Å². The Hall–Kier alpha value is -5.25. The number of Topliss-reactive ketones (excluding diaryl/α,β-unsaturated/α-hetero) is 1. The first-order chi connectivity index (χ1) is 20.5. The average Bonchev–Trinajstić information content (AvgIpc) is 3.23. The van der Waals surface area contributed by atoms with Crippen LogP contribution in [0.2, 0.25) is 0 Å². The summed E-state index contributed by atoms with van der Waals surface area (Å²) < 4.78 is 5.89. The van der Waals surface area contributed by atoms with Crippen molar-refractivity contribution in [1.82, 2.24) is 0 Å². The molecular formula is C33H25NO9. The Morgan fingerprint density at radius 1 is 1.00 bits per heavy atom. The fraction of sp³-hybridized carbons (Fsp3) is 0.242. The summed E-state index contributed by atoms with van der Waals surface area (Å²) in [6, 6.07) is 8.28. The van der Waals surface area contributed by atoms with Gasteiger partial charge >= 0.3 is 5.97 Å². The molecular weight excluding hydrogens is 554 g/mol. The van der Waals surface area contributed by atoms with Crippen molar-refractivity contribution in [3.8, 4) is 17.2 Å². The number of nitrogens with zero attached hydrogens (tertiary/aromatic N) is 1. The number of fused-ring (bicyclic) bond motifs is 4. The topological polar surface area (TPSA) is 159 Å².